The average molecular weight is 242 g/mol. The second kappa shape index (κ2) is 4.65. The average Bonchev–Trinajstić information content (AvgIpc) is 2.64. The first-order chi connectivity index (χ1) is 8.00. The molecule has 0 aliphatic heterocycles. The summed E-state index contributed by atoms with van der Waals surface area (Å²) >= 11 is 0. The summed E-state index contributed by atoms with van der Waals surface area (Å²) < 4.78 is 0. The molecule has 0 saturated heterocycles. The molecule has 0 fully saturated rings. The Morgan fingerprint density at radius 2 is 1.71 bits per heavy atom. The van der Waals surface area contributed by atoms with Gasteiger partial charge in [-0.15, -0.1) is 0 Å². The van der Waals surface area contributed by atoms with E-state index in [9.17, 15) is 0 Å². The number of benzene rings is 1. The minimum absolute atomic E-state index is 0.754. The molecule has 1 atom stereocenters. The van der Waals surface area contributed by atoms with Gasteiger partial charge in [0.15, 0.2) is 0 Å². The van der Waals surface area contributed by atoms with E-state index in [1.807, 2.05) is 0 Å². The van der Waals surface area contributed by atoms with E-state index in [0.717, 1.165) is 12.0 Å². The zero-order valence-corrected chi connectivity index (χ0v) is 13.6. The predicted octanol–water partition coefficient (Wildman–Crippen LogP) is 3.50. The lowest BCUT2D eigenvalue weighted by atomic mass is 9.90. The van der Waals surface area contributed by atoms with E-state index in [4.69, 9.17) is 0 Å². The van der Waals surface area contributed by atoms with Crippen molar-refractivity contribution in [1.29, 1.82) is 0 Å². The normalized spacial score (nSPS) is 16.9. The summed E-state index contributed by atoms with van der Waals surface area (Å²) in [7, 11) is 1.24. The van der Waals surface area contributed by atoms with Crippen molar-refractivity contribution < 1.29 is 0 Å². The highest BCUT2D eigenvalue weighted by Gasteiger charge is 2.17. The maximum atomic E-state index is 2.34. The van der Waals surface area contributed by atoms with Crippen LogP contribution in [0.2, 0.25) is 5.54 Å². The number of hydrogen-bond acceptors (Lipinski definition) is 0. The van der Waals surface area contributed by atoms with Crippen molar-refractivity contribution in [2.75, 3.05) is 0 Å². The molecule has 0 radical (unpaired) electrons. The van der Waals surface area contributed by atoms with E-state index < -0.39 is 0 Å². The highest BCUT2D eigenvalue weighted by atomic mass is 28.1. The van der Waals surface area contributed by atoms with Gasteiger partial charge in [-0.1, -0.05) is 36.8 Å². The minimum Gasteiger partial charge on any atom is -0.0798 e. The fourth-order valence-corrected chi connectivity index (χ4v) is 3.51. The van der Waals surface area contributed by atoms with Crippen LogP contribution in [-0.2, 0) is 0 Å². The maximum Gasteiger partial charge on any atom is 0.0119 e. The predicted molar refractivity (Wildman–Crippen MR) is 80.7 cm³/mol. The van der Waals surface area contributed by atoms with Crippen molar-refractivity contribution in [3.05, 3.63) is 52.1 Å². The van der Waals surface area contributed by atoms with Crippen LogP contribution in [0, 0.1) is 20.8 Å². The first kappa shape index (κ1) is 12.4. The minimum atomic E-state index is 0.754. The molecule has 1 aliphatic carbocycles. The lowest BCUT2D eigenvalue weighted by Crippen LogP contribution is -1.98. The van der Waals surface area contributed by atoms with Crippen LogP contribution in [0.15, 0.2) is 29.9 Å². The molecule has 0 N–H and O–H groups in total. The molecule has 1 heteroatoms. The Kier molecular flexibility index (Phi) is 3.39. The Balaban J connectivity index is 2.59. The van der Waals surface area contributed by atoms with Crippen molar-refractivity contribution >= 4 is 15.8 Å². The van der Waals surface area contributed by atoms with Gasteiger partial charge in [0, 0.05) is 10.2 Å². The molecule has 0 aromatic heterocycles. The summed E-state index contributed by atoms with van der Waals surface area (Å²) in [6.45, 7) is 9.02. The Bertz CT molecular complexity index is 481. The monoisotopic (exact) mass is 242 g/mol. The summed E-state index contributed by atoms with van der Waals surface area (Å²) in [6, 6.07) is 4.62. The number of hydrogen-bond donors (Lipinski definition) is 0. The van der Waals surface area contributed by atoms with Crippen LogP contribution in [0.25, 0.3) is 5.57 Å². The van der Waals surface area contributed by atoms with E-state index in [2.05, 4.69) is 52.0 Å². The Morgan fingerprint density at radius 3 is 2.24 bits per heavy atom. The smallest absolute Gasteiger partial charge is 0.0119 e. The van der Waals surface area contributed by atoms with Gasteiger partial charge in [0.2, 0.25) is 0 Å². The van der Waals surface area contributed by atoms with Crippen molar-refractivity contribution in [2.24, 2.45) is 0 Å². The Morgan fingerprint density at radius 1 is 1.12 bits per heavy atom. The van der Waals surface area contributed by atoms with Crippen LogP contribution in [0.1, 0.15) is 35.6 Å². The fraction of sp³-hybridized carbons (Fsp3) is 0.375. The number of allylic oxidation sites excluding steroid dienone is 4. The van der Waals surface area contributed by atoms with Crippen molar-refractivity contribution in [3.8, 4) is 0 Å². The third-order valence-corrected chi connectivity index (χ3v) is 4.19. The van der Waals surface area contributed by atoms with Gasteiger partial charge in [-0.3, -0.25) is 0 Å². The van der Waals surface area contributed by atoms with E-state index in [1.165, 1.54) is 32.5 Å². The van der Waals surface area contributed by atoms with Crippen molar-refractivity contribution in [2.45, 2.75) is 39.7 Å². The molecule has 2 rings (SSSR count). The Labute approximate surface area is 108 Å². The molecule has 17 heavy (non-hydrogen) atoms. The molecule has 90 valence electrons. The maximum absolute atomic E-state index is 2.34. The van der Waals surface area contributed by atoms with Crippen molar-refractivity contribution in [1.82, 2.24) is 0 Å². The first-order valence-electron chi connectivity index (χ1n) is 6.48. The highest BCUT2D eigenvalue weighted by Crippen LogP contribution is 2.37. The van der Waals surface area contributed by atoms with Crippen molar-refractivity contribution in [3.63, 3.8) is 0 Å². The van der Waals surface area contributed by atoms with Crippen LogP contribution in [0.4, 0.5) is 0 Å². The molecule has 1 unspecified atom stereocenters. The second-order valence-electron chi connectivity index (χ2n) is 5.47. The van der Waals surface area contributed by atoms with Gasteiger partial charge in [-0.25, -0.2) is 0 Å². The molecule has 1 aromatic carbocycles. The van der Waals surface area contributed by atoms with Gasteiger partial charge in [-0.05, 0) is 60.6 Å². The van der Waals surface area contributed by atoms with E-state index in [0.29, 0.717) is 0 Å². The fourth-order valence-electron chi connectivity index (χ4n) is 2.97. The van der Waals surface area contributed by atoms with Crippen LogP contribution in [0.5, 0.6) is 0 Å². The SMILES string of the molecule is Cc1cc(C)c(C2=C(C(C)[SiH3])C=CC2)c(C)c1. The van der Waals surface area contributed by atoms with E-state index in [1.54, 1.807) is 11.1 Å². The lowest BCUT2D eigenvalue weighted by Gasteiger charge is -2.16. The molecule has 0 saturated carbocycles. The highest BCUT2D eigenvalue weighted by molar-refractivity contribution is 6.14. The standard InChI is InChI=1S/C16H22Si/c1-10-8-11(2)16(12(3)9-10)15-7-5-6-14(15)13(4)17/h5-6,8-9,13H,7H2,1-4,17H3. The molecule has 0 heterocycles. The summed E-state index contributed by atoms with van der Waals surface area (Å²) in [6.07, 6.45) is 5.77. The third kappa shape index (κ3) is 2.30. The molecule has 0 spiro atoms. The molecule has 0 amide bonds. The first-order valence-corrected chi connectivity index (χ1v) is 7.64. The van der Waals surface area contributed by atoms with Gasteiger partial charge in [0.05, 0.1) is 0 Å². The van der Waals surface area contributed by atoms with Gasteiger partial charge >= 0.3 is 0 Å². The number of rotatable bonds is 2. The molecule has 1 aromatic rings. The molecule has 1 aliphatic rings. The van der Waals surface area contributed by atoms with Gasteiger partial charge in [0.25, 0.3) is 0 Å². The summed E-state index contributed by atoms with van der Waals surface area (Å²) in [5, 5.41) is 0. The van der Waals surface area contributed by atoms with Crippen LogP contribution >= 0.6 is 0 Å². The topological polar surface area (TPSA) is 0 Å². The number of aryl methyl sites for hydroxylation is 3. The summed E-state index contributed by atoms with van der Waals surface area (Å²) in [5.74, 6) is 0. The van der Waals surface area contributed by atoms with Crippen LogP contribution < -0.4 is 0 Å². The third-order valence-electron chi connectivity index (χ3n) is 3.57. The van der Waals surface area contributed by atoms with E-state index >= 15 is 0 Å². The molecule has 0 nitrogen and oxygen atoms in total. The van der Waals surface area contributed by atoms with Gasteiger partial charge < -0.3 is 0 Å². The molecular formula is C16H22Si. The molecular weight excluding hydrogens is 220 g/mol. The zero-order valence-electron chi connectivity index (χ0n) is 11.6. The Hall–Kier alpha value is -1.08. The molecule has 0 bridgehead atoms. The summed E-state index contributed by atoms with van der Waals surface area (Å²) in [5.41, 5.74) is 9.63. The lowest BCUT2D eigenvalue weighted by molar-refractivity contribution is 1.14. The summed E-state index contributed by atoms with van der Waals surface area (Å²) in [4.78, 5) is 0. The van der Waals surface area contributed by atoms with Crippen LogP contribution in [0.3, 0.4) is 0 Å². The largest absolute Gasteiger partial charge is 0.0798 e. The quantitative estimate of drug-likeness (QED) is 0.696. The second-order valence-corrected chi connectivity index (χ2v) is 7.20. The van der Waals surface area contributed by atoms with E-state index in [-0.39, 0.29) is 0 Å². The van der Waals surface area contributed by atoms with Gasteiger partial charge in [0.1, 0.15) is 0 Å². The zero-order chi connectivity index (χ0) is 12.6. The van der Waals surface area contributed by atoms with Crippen LogP contribution in [-0.4, -0.2) is 10.2 Å². The van der Waals surface area contributed by atoms with Gasteiger partial charge in [-0.2, -0.15) is 0 Å².